The van der Waals surface area contributed by atoms with E-state index < -0.39 is 11.6 Å². The Kier molecular flexibility index (Phi) is 2.17. The highest BCUT2D eigenvalue weighted by molar-refractivity contribution is 5.68. The molecule has 0 amide bonds. The molecule has 0 radical (unpaired) electrons. The van der Waals surface area contributed by atoms with Crippen molar-refractivity contribution in [2.75, 3.05) is 6.54 Å². The van der Waals surface area contributed by atoms with Crippen LogP contribution >= 0.6 is 0 Å². The second-order valence-electron chi connectivity index (χ2n) is 6.41. The number of hydrogen-bond acceptors (Lipinski definition) is 2. The molecule has 3 aliphatic rings. The van der Waals surface area contributed by atoms with E-state index in [1.807, 2.05) is 0 Å². The maximum atomic E-state index is 14.6. The third kappa shape index (κ3) is 1.17. The monoisotopic (exact) mass is 241 g/mol. The smallest absolute Gasteiger partial charge is 0.303 e. The van der Waals surface area contributed by atoms with Gasteiger partial charge in [-0.3, -0.25) is 4.79 Å². The summed E-state index contributed by atoms with van der Waals surface area (Å²) in [5.74, 6) is -0.177. The predicted octanol–water partition coefficient (Wildman–Crippen LogP) is 1.81. The van der Waals surface area contributed by atoms with E-state index in [9.17, 15) is 9.18 Å². The van der Waals surface area contributed by atoms with Crippen molar-refractivity contribution >= 4 is 5.97 Å². The fourth-order valence-corrected chi connectivity index (χ4v) is 5.30. The summed E-state index contributed by atoms with van der Waals surface area (Å²) in [6.45, 7) is 2.11. The van der Waals surface area contributed by atoms with E-state index in [4.69, 9.17) is 10.8 Å². The van der Waals surface area contributed by atoms with Crippen LogP contribution in [0, 0.1) is 29.1 Å². The molecule has 3 aliphatic carbocycles. The third-order valence-corrected chi connectivity index (χ3v) is 6.02. The summed E-state index contributed by atoms with van der Waals surface area (Å²) < 4.78 is 14.6. The van der Waals surface area contributed by atoms with Crippen molar-refractivity contribution in [3.63, 3.8) is 0 Å². The lowest BCUT2D eigenvalue weighted by Gasteiger charge is -2.62. The highest BCUT2D eigenvalue weighted by atomic mass is 19.1. The molecular weight excluding hydrogens is 221 g/mol. The maximum Gasteiger partial charge on any atom is 0.303 e. The van der Waals surface area contributed by atoms with E-state index >= 15 is 0 Å². The molecule has 4 heteroatoms. The van der Waals surface area contributed by atoms with Gasteiger partial charge in [0.15, 0.2) is 0 Å². The first-order valence-electron chi connectivity index (χ1n) is 6.54. The molecule has 0 heterocycles. The fourth-order valence-electron chi connectivity index (χ4n) is 5.30. The van der Waals surface area contributed by atoms with Crippen LogP contribution in [0.25, 0.3) is 0 Å². The van der Waals surface area contributed by atoms with Crippen LogP contribution in [0.15, 0.2) is 0 Å². The van der Waals surface area contributed by atoms with Crippen LogP contribution in [0.4, 0.5) is 4.39 Å². The summed E-state index contributed by atoms with van der Waals surface area (Å²) in [6, 6.07) is 0. The topological polar surface area (TPSA) is 63.3 Å². The lowest BCUT2D eigenvalue weighted by molar-refractivity contribution is -0.178. The van der Waals surface area contributed by atoms with Crippen molar-refractivity contribution in [1.29, 1.82) is 0 Å². The van der Waals surface area contributed by atoms with Crippen molar-refractivity contribution in [2.45, 2.75) is 38.3 Å². The average molecular weight is 241 g/mol. The van der Waals surface area contributed by atoms with Crippen LogP contribution in [-0.2, 0) is 4.79 Å². The highest BCUT2D eigenvalue weighted by Crippen LogP contribution is 2.74. The Balaban J connectivity index is 1.94. The van der Waals surface area contributed by atoms with Crippen molar-refractivity contribution in [2.24, 2.45) is 34.8 Å². The van der Waals surface area contributed by atoms with Crippen LogP contribution in [0.5, 0.6) is 0 Å². The molecule has 3 nitrogen and oxygen atoms in total. The summed E-state index contributed by atoms with van der Waals surface area (Å²) in [5, 5.41) is 9.07. The molecule has 0 aromatic rings. The Hall–Kier alpha value is -0.640. The standard InChI is InChI=1S/C13H20FNO2/c1-12(14)7-2-3-8-11(12)9(4-7)13(8,6-15)5-10(16)17/h7-9,11H,2-6,15H2,1H3,(H,16,17)/t7-,8-,9+,11+,12+,13+/m0/s1. The molecule has 6 atom stereocenters. The normalized spacial score (nSPS) is 55.5. The first kappa shape index (κ1) is 11.5. The SMILES string of the molecule is C[C@@]1(F)[C@H]2CC[C@H]3[C@@H]1[C@@H](C2)[C@@]3(CN)CC(=O)O. The largest absolute Gasteiger partial charge is 0.481 e. The number of rotatable bonds is 3. The number of alkyl halides is 1. The van der Waals surface area contributed by atoms with Gasteiger partial charge in [0.05, 0.1) is 6.42 Å². The Morgan fingerprint density at radius 3 is 2.76 bits per heavy atom. The van der Waals surface area contributed by atoms with E-state index in [0.717, 1.165) is 19.3 Å². The van der Waals surface area contributed by atoms with E-state index in [1.54, 1.807) is 6.92 Å². The molecular formula is C13H20FNO2. The van der Waals surface area contributed by atoms with Gasteiger partial charge in [-0.25, -0.2) is 4.39 Å². The molecule has 0 saturated heterocycles. The number of hydrogen-bond donors (Lipinski definition) is 2. The Morgan fingerprint density at radius 1 is 1.47 bits per heavy atom. The van der Waals surface area contributed by atoms with Crippen LogP contribution < -0.4 is 5.73 Å². The zero-order chi connectivity index (χ0) is 12.4. The van der Waals surface area contributed by atoms with Gasteiger partial charge >= 0.3 is 5.97 Å². The fraction of sp³-hybridized carbons (Fsp3) is 0.923. The van der Waals surface area contributed by atoms with Crippen LogP contribution in [0.3, 0.4) is 0 Å². The average Bonchev–Trinajstić information content (AvgIpc) is 2.46. The second-order valence-corrected chi connectivity index (χ2v) is 6.41. The summed E-state index contributed by atoms with van der Waals surface area (Å²) in [6.07, 6.45) is 2.85. The van der Waals surface area contributed by atoms with Crippen molar-refractivity contribution < 1.29 is 14.3 Å². The summed E-state index contributed by atoms with van der Waals surface area (Å²) >= 11 is 0. The molecule has 3 rings (SSSR count). The number of carboxylic acids is 1. The quantitative estimate of drug-likeness (QED) is 0.792. The summed E-state index contributed by atoms with van der Waals surface area (Å²) in [7, 11) is 0. The Bertz CT molecular complexity index is 362. The van der Waals surface area contributed by atoms with Gasteiger partial charge in [-0.1, -0.05) is 0 Å². The zero-order valence-corrected chi connectivity index (χ0v) is 10.2. The molecule has 3 saturated carbocycles. The minimum absolute atomic E-state index is 0.0733. The molecule has 0 spiro atoms. The number of halogens is 1. The van der Waals surface area contributed by atoms with Gasteiger partial charge in [-0.05, 0) is 61.8 Å². The van der Waals surface area contributed by atoms with Crippen molar-refractivity contribution in [3.05, 3.63) is 0 Å². The second kappa shape index (κ2) is 3.22. The lowest BCUT2D eigenvalue weighted by atomic mass is 9.43. The number of fused-ring (bicyclic) bond motifs is 1. The number of nitrogens with two attached hydrogens (primary N) is 1. The molecule has 17 heavy (non-hydrogen) atoms. The van der Waals surface area contributed by atoms with Gasteiger partial charge < -0.3 is 10.8 Å². The van der Waals surface area contributed by atoms with Crippen LogP contribution in [0.1, 0.15) is 32.6 Å². The predicted molar refractivity (Wildman–Crippen MR) is 61.1 cm³/mol. The van der Waals surface area contributed by atoms with Crippen LogP contribution in [0.2, 0.25) is 0 Å². The van der Waals surface area contributed by atoms with Crippen molar-refractivity contribution in [1.82, 2.24) is 0 Å². The first-order chi connectivity index (χ1) is 7.93. The van der Waals surface area contributed by atoms with Gasteiger partial charge in [0.1, 0.15) is 5.67 Å². The molecule has 2 bridgehead atoms. The highest BCUT2D eigenvalue weighted by Gasteiger charge is 2.73. The lowest BCUT2D eigenvalue weighted by Crippen LogP contribution is -2.64. The van der Waals surface area contributed by atoms with Gasteiger partial charge in [0, 0.05) is 0 Å². The minimum Gasteiger partial charge on any atom is -0.481 e. The molecule has 96 valence electrons. The zero-order valence-electron chi connectivity index (χ0n) is 10.2. The summed E-state index contributed by atoms with van der Waals surface area (Å²) in [4.78, 5) is 11.0. The number of aliphatic carboxylic acids is 1. The third-order valence-electron chi connectivity index (χ3n) is 6.02. The molecule has 0 aliphatic heterocycles. The first-order valence-corrected chi connectivity index (χ1v) is 6.54. The van der Waals surface area contributed by atoms with Gasteiger partial charge in [0.25, 0.3) is 0 Å². The maximum absolute atomic E-state index is 14.6. The molecule has 0 unspecified atom stereocenters. The Morgan fingerprint density at radius 2 is 2.18 bits per heavy atom. The molecule has 3 N–H and O–H groups in total. The molecule has 3 fully saturated rings. The van der Waals surface area contributed by atoms with Gasteiger partial charge in [-0.2, -0.15) is 0 Å². The van der Waals surface area contributed by atoms with Crippen LogP contribution in [-0.4, -0.2) is 23.3 Å². The van der Waals surface area contributed by atoms with E-state index in [0.29, 0.717) is 6.54 Å². The number of carboxylic acid groups (broad SMARTS) is 1. The number of carbonyl (C=O) groups is 1. The van der Waals surface area contributed by atoms with Gasteiger partial charge in [-0.15, -0.1) is 0 Å². The van der Waals surface area contributed by atoms with Gasteiger partial charge in [0.2, 0.25) is 0 Å². The molecule has 0 aromatic heterocycles. The minimum atomic E-state index is -1.08. The van der Waals surface area contributed by atoms with E-state index in [-0.39, 0.29) is 35.5 Å². The van der Waals surface area contributed by atoms with Crippen molar-refractivity contribution in [3.8, 4) is 0 Å². The Labute approximate surface area is 101 Å². The molecule has 0 aromatic carbocycles. The van der Waals surface area contributed by atoms with E-state index in [1.165, 1.54) is 0 Å². The summed E-state index contributed by atoms with van der Waals surface area (Å²) in [5.41, 5.74) is 4.47. The van der Waals surface area contributed by atoms with E-state index in [2.05, 4.69) is 0 Å².